The molecule has 8 atom stereocenters. The lowest BCUT2D eigenvalue weighted by Crippen LogP contribution is -2.54. The van der Waals surface area contributed by atoms with E-state index < -0.39 is 0 Å². The van der Waals surface area contributed by atoms with Gasteiger partial charge in [0.15, 0.2) is 0 Å². The van der Waals surface area contributed by atoms with Crippen LogP contribution in [0.15, 0.2) is 0 Å². The van der Waals surface area contributed by atoms with Gasteiger partial charge in [-0.1, -0.05) is 13.8 Å². The minimum absolute atomic E-state index is 0.315. The Labute approximate surface area is 141 Å². The van der Waals surface area contributed by atoms with E-state index >= 15 is 0 Å². The molecule has 4 aliphatic rings. The summed E-state index contributed by atoms with van der Waals surface area (Å²) in [5, 5.41) is 0. The van der Waals surface area contributed by atoms with Crippen LogP contribution in [0, 0.1) is 40.4 Å². The van der Waals surface area contributed by atoms with Crippen molar-refractivity contribution in [2.45, 2.75) is 77.7 Å². The predicted molar refractivity (Wildman–Crippen MR) is 92.1 cm³/mol. The molecule has 0 N–H and O–H groups in total. The third kappa shape index (κ3) is 2.19. The first-order valence-electron chi connectivity index (χ1n) is 10.0. The van der Waals surface area contributed by atoms with Crippen molar-refractivity contribution >= 4 is 6.29 Å². The average molecular weight is 319 g/mol. The SMILES string of the molecule is COC1CCC2(C)C(CCC3C4CCC(C=O)C4(C)CCC32)C1. The van der Waals surface area contributed by atoms with Crippen LogP contribution < -0.4 is 0 Å². The quantitative estimate of drug-likeness (QED) is 0.680. The molecule has 0 aromatic carbocycles. The van der Waals surface area contributed by atoms with Crippen LogP contribution in [0.5, 0.6) is 0 Å². The van der Waals surface area contributed by atoms with E-state index in [0.29, 0.717) is 22.9 Å². The Morgan fingerprint density at radius 1 is 0.913 bits per heavy atom. The molecule has 2 heteroatoms. The van der Waals surface area contributed by atoms with Crippen LogP contribution >= 0.6 is 0 Å². The lowest BCUT2D eigenvalue weighted by atomic mass is 9.45. The van der Waals surface area contributed by atoms with Gasteiger partial charge in [-0.25, -0.2) is 0 Å². The van der Waals surface area contributed by atoms with Gasteiger partial charge < -0.3 is 9.53 Å². The molecule has 0 saturated heterocycles. The zero-order valence-electron chi connectivity index (χ0n) is 15.2. The minimum atomic E-state index is 0.315. The fourth-order valence-corrected chi connectivity index (χ4v) is 7.70. The monoisotopic (exact) mass is 318 g/mol. The Kier molecular flexibility index (Phi) is 3.91. The Hall–Kier alpha value is -0.370. The summed E-state index contributed by atoms with van der Waals surface area (Å²) in [6, 6.07) is 0. The van der Waals surface area contributed by atoms with Crippen molar-refractivity contribution in [2.24, 2.45) is 40.4 Å². The molecule has 4 rings (SSSR count). The third-order valence-corrected chi connectivity index (χ3v) is 9.19. The third-order valence-electron chi connectivity index (χ3n) is 9.19. The van der Waals surface area contributed by atoms with Crippen LogP contribution in [0.3, 0.4) is 0 Å². The van der Waals surface area contributed by atoms with Crippen molar-refractivity contribution in [2.75, 3.05) is 7.11 Å². The number of methoxy groups -OCH3 is 1. The van der Waals surface area contributed by atoms with Crippen molar-refractivity contribution in [3.8, 4) is 0 Å². The van der Waals surface area contributed by atoms with E-state index in [1.54, 1.807) is 0 Å². The highest BCUT2D eigenvalue weighted by atomic mass is 16.5. The number of carbonyl (C=O) groups excluding carboxylic acids is 1. The molecule has 4 fully saturated rings. The van der Waals surface area contributed by atoms with Gasteiger partial charge in [0, 0.05) is 13.0 Å². The highest BCUT2D eigenvalue weighted by Gasteiger charge is 2.60. The second-order valence-corrected chi connectivity index (χ2v) is 9.65. The first-order valence-corrected chi connectivity index (χ1v) is 10.0. The number of aldehydes is 1. The second-order valence-electron chi connectivity index (χ2n) is 9.65. The van der Waals surface area contributed by atoms with Gasteiger partial charge in [0.25, 0.3) is 0 Å². The maximum absolute atomic E-state index is 11.6. The van der Waals surface area contributed by atoms with Crippen molar-refractivity contribution in [1.29, 1.82) is 0 Å². The average Bonchev–Trinajstić information content (AvgIpc) is 2.90. The molecule has 23 heavy (non-hydrogen) atoms. The summed E-state index contributed by atoms with van der Waals surface area (Å²) < 4.78 is 5.70. The minimum Gasteiger partial charge on any atom is -0.381 e. The van der Waals surface area contributed by atoms with E-state index in [2.05, 4.69) is 13.8 Å². The molecule has 0 aromatic heterocycles. The summed E-state index contributed by atoms with van der Waals surface area (Å²) in [5.74, 6) is 3.81. The number of hydrogen-bond acceptors (Lipinski definition) is 2. The summed E-state index contributed by atoms with van der Waals surface area (Å²) in [6.45, 7) is 5.05. The topological polar surface area (TPSA) is 26.3 Å². The molecule has 0 aromatic rings. The van der Waals surface area contributed by atoms with Gasteiger partial charge in [-0.15, -0.1) is 0 Å². The van der Waals surface area contributed by atoms with Crippen LogP contribution in [-0.4, -0.2) is 19.5 Å². The van der Waals surface area contributed by atoms with Crippen LogP contribution in [0.1, 0.15) is 71.6 Å². The largest absolute Gasteiger partial charge is 0.381 e. The Balaban J connectivity index is 1.59. The molecule has 0 spiro atoms. The Morgan fingerprint density at radius 3 is 2.39 bits per heavy atom. The summed E-state index contributed by atoms with van der Waals surface area (Å²) in [4.78, 5) is 11.6. The van der Waals surface area contributed by atoms with Gasteiger partial charge in [0.1, 0.15) is 6.29 Å². The molecule has 2 nitrogen and oxygen atoms in total. The molecule has 8 unspecified atom stereocenters. The lowest BCUT2D eigenvalue weighted by molar-refractivity contribution is -0.135. The van der Waals surface area contributed by atoms with E-state index in [9.17, 15) is 4.79 Å². The van der Waals surface area contributed by atoms with E-state index in [1.807, 2.05) is 7.11 Å². The normalized spacial score (nSPS) is 55.6. The lowest BCUT2D eigenvalue weighted by Gasteiger charge is -2.61. The second kappa shape index (κ2) is 5.58. The molecule has 0 aliphatic heterocycles. The molecule has 0 radical (unpaired) electrons. The van der Waals surface area contributed by atoms with Crippen molar-refractivity contribution < 1.29 is 9.53 Å². The van der Waals surface area contributed by atoms with Gasteiger partial charge in [-0.2, -0.15) is 0 Å². The first-order chi connectivity index (χ1) is 11.0. The zero-order valence-corrected chi connectivity index (χ0v) is 15.2. The predicted octanol–water partition coefficient (Wildman–Crippen LogP) is 4.86. The number of rotatable bonds is 2. The van der Waals surface area contributed by atoms with Gasteiger partial charge >= 0.3 is 0 Å². The fourth-order valence-electron chi connectivity index (χ4n) is 7.70. The highest BCUT2D eigenvalue weighted by Crippen LogP contribution is 2.67. The van der Waals surface area contributed by atoms with Crippen molar-refractivity contribution in [3.63, 3.8) is 0 Å². The summed E-state index contributed by atoms with van der Waals surface area (Å²) in [6.07, 6.45) is 13.6. The molecule has 130 valence electrons. The number of ether oxygens (including phenoxy) is 1. The maximum atomic E-state index is 11.6. The molecule has 0 heterocycles. The molecular formula is C21H34O2. The first kappa shape index (κ1) is 16.1. The summed E-state index contributed by atoms with van der Waals surface area (Å²) in [5.41, 5.74) is 0.856. The number of fused-ring (bicyclic) bond motifs is 5. The van der Waals surface area contributed by atoms with Crippen LogP contribution in [0.4, 0.5) is 0 Å². The zero-order chi connectivity index (χ0) is 16.2. The molecule has 4 aliphatic carbocycles. The van der Waals surface area contributed by atoms with Crippen LogP contribution in [-0.2, 0) is 9.53 Å². The smallest absolute Gasteiger partial charge is 0.123 e. The highest BCUT2D eigenvalue weighted by molar-refractivity contribution is 5.56. The number of carbonyl (C=O) groups is 1. The maximum Gasteiger partial charge on any atom is 0.123 e. The Morgan fingerprint density at radius 2 is 1.65 bits per heavy atom. The van der Waals surface area contributed by atoms with Crippen LogP contribution in [0.25, 0.3) is 0 Å². The van der Waals surface area contributed by atoms with E-state index in [4.69, 9.17) is 4.74 Å². The molecular weight excluding hydrogens is 284 g/mol. The molecule has 0 bridgehead atoms. The van der Waals surface area contributed by atoms with Gasteiger partial charge in [0.2, 0.25) is 0 Å². The van der Waals surface area contributed by atoms with E-state index in [1.165, 1.54) is 57.7 Å². The molecule has 4 saturated carbocycles. The van der Waals surface area contributed by atoms with Crippen molar-refractivity contribution in [1.82, 2.24) is 0 Å². The van der Waals surface area contributed by atoms with E-state index in [-0.39, 0.29) is 0 Å². The number of hydrogen-bond donors (Lipinski definition) is 0. The summed E-state index contributed by atoms with van der Waals surface area (Å²) >= 11 is 0. The van der Waals surface area contributed by atoms with Crippen molar-refractivity contribution in [3.05, 3.63) is 0 Å². The van der Waals surface area contributed by atoms with Gasteiger partial charge in [0.05, 0.1) is 6.10 Å². The fraction of sp³-hybridized carbons (Fsp3) is 0.952. The standard InChI is InChI=1S/C21H34O2/c1-20-10-8-16(23-3)12-14(20)4-6-17-18-7-5-15(13-22)21(18,2)11-9-19(17)20/h13-19H,4-12H2,1-3H3. The van der Waals surface area contributed by atoms with E-state index in [0.717, 1.165) is 30.1 Å². The molecule has 0 amide bonds. The summed E-state index contributed by atoms with van der Waals surface area (Å²) in [7, 11) is 1.89. The Bertz CT molecular complexity index is 474. The van der Waals surface area contributed by atoms with Gasteiger partial charge in [-0.05, 0) is 92.3 Å². The van der Waals surface area contributed by atoms with Crippen LogP contribution in [0.2, 0.25) is 0 Å². The van der Waals surface area contributed by atoms with Gasteiger partial charge in [-0.3, -0.25) is 0 Å².